The van der Waals surface area contributed by atoms with Gasteiger partial charge in [-0.1, -0.05) is 15.9 Å². The fraction of sp³-hybridized carbons (Fsp3) is 0.100. The first-order valence-corrected chi connectivity index (χ1v) is 6.31. The van der Waals surface area contributed by atoms with Crippen LogP contribution in [0.2, 0.25) is 0 Å². The first-order chi connectivity index (χ1) is 7.63. The third kappa shape index (κ3) is 1.94. The highest BCUT2D eigenvalue weighted by atomic mass is 79.9. The molecule has 4 nitrogen and oxygen atoms in total. The second-order valence-electron chi connectivity index (χ2n) is 3.21. The van der Waals surface area contributed by atoms with Gasteiger partial charge in [-0.15, -0.1) is 0 Å². The molecule has 0 aliphatic rings. The molecule has 0 aliphatic heterocycles. The Morgan fingerprint density at radius 3 is 2.75 bits per heavy atom. The molecule has 1 heterocycles. The summed E-state index contributed by atoms with van der Waals surface area (Å²) in [6.45, 7) is 0. The van der Waals surface area contributed by atoms with Crippen molar-refractivity contribution in [3.8, 4) is 0 Å². The van der Waals surface area contributed by atoms with Crippen LogP contribution in [-0.2, 0) is 5.33 Å². The summed E-state index contributed by atoms with van der Waals surface area (Å²) < 4.78 is 0.835. The van der Waals surface area contributed by atoms with E-state index in [-0.39, 0.29) is 10.6 Å². The molecule has 0 amide bonds. The van der Waals surface area contributed by atoms with Crippen molar-refractivity contribution in [2.24, 2.45) is 0 Å². The van der Waals surface area contributed by atoms with E-state index in [2.05, 4.69) is 36.8 Å². The predicted octanol–water partition coefficient (Wildman–Crippen LogP) is 3.80. The minimum Gasteiger partial charge on any atom is -0.263 e. The van der Waals surface area contributed by atoms with Gasteiger partial charge in [0.1, 0.15) is 0 Å². The number of nitro groups is 1. The van der Waals surface area contributed by atoms with Crippen LogP contribution in [0.4, 0.5) is 5.69 Å². The second-order valence-corrected chi connectivity index (χ2v) is 4.63. The van der Waals surface area contributed by atoms with Crippen molar-refractivity contribution in [2.45, 2.75) is 5.33 Å². The number of aromatic nitrogens is 1. The van der Waals surface area contributed by atoms with Gasteiger partial charge in [0.15, 0.2) is 0 Å². The van der Waals surface area contributed by atoms with Crippen LogP contribution in [0.1, 0.15) is 5.56 Å². The number of hydrogen-bond donors (Lipinski definition) is 0. The normalized spacial score (nSPS) is 10.6. The van der Waals surface area contributed by atoms with E-state index in [0.717, 1.165) is 15.2 Å². The third-order valence-electron chi connectivity index (χ3n) is 2.25. The van der Waals surface area contributed by atoms with Gasteiger partial charge in [0.05, 0.1) is 4.92 Å². The molecule has 6 heteroatoms. The molecule has 0 fully saturated rings. The molecule has 1 aromatic heterocycles. The number of nitro benzene ring substituents is 1. The number of rotatable bonds is 2. The zero-order valence-electron chi connectivity index (χ0n) is 7.98. The molecule has 0 aliphatic carbocycles. The molecule has 1 aromatic carbocycles. The van der Waals surface area contributed by atoms with E-state index in [4.69, 9.17) is 0 Å². The Labute approximate surface area is 108 Å². The van der Waals surface area contributed by atoms with Crippen molar-refractivity contribution >= 4 is 48.3 Å². The molecule has 0 N–H and O–H groups in total. The average molecular weight is 346 g/mol. The lowest BCUT2D eigenvalue weighted by Crippen LogP contribution is -1.94. The number of benzene rings is 1. The smallest absolute Gasteiger partial charge is 0.263 e. The molecule has 0 radical (unpaired) electrons. The van der Waals surface area contributed by atoms with Gasteiger partial charge in [0, 0.05) is 39.2 Å². The lowest BCUT2D eigenvalue weighted by Gasteiger charge is -2.03. The highest BCUT2D eigenvalue weighted by Gasteiger charge is 2.15. The van der Waals surface area contributed by atoms with Crippen LogP contribution in [0.15, 0.2) is 29.0 Å². The maximum atomic E-state index is 10.9. The fourth-order valence-electron chi connectivity index (χ4n) is 1.49. The van der Waals surface area contributed by atoms with Gasteiger partial charge in [-0.25, -0.2) is 0 Å². The molecule has 0 unspecified atom stereocenters. The summed E-state index contributed by atoms with van der Waals surface area (Å²) in [5.74, 6) is 0. The minimum absolute atomic E-state index is 0.115. The van der Waals surface area contributed by atoms with Crippen molar-refractivity contribution in [1.82, 2.24) is 4.98 Å². The predicted molar refractivity (Wildman–Crippen MR) is 68.7 cm³/mol. The first kappa shape index (κ1) is 11.5. The highest BCUT2D eigenvalue weighted by Crippen LogP contribution is 2.30. The number of fused-ring (bicyclic) bond motifs is 1. The van der Waals surface area contributed by atoms with E-state index in [0.29, 0.717) is 10.9 Å². The third-order valence-corrected chi connectivity index (χ3v) is 3.49. The molecule has 2 rings (SSSR count). The van der Waals surface area contributed by atoms with E-state index in [1.54, 1.807) is 24.5 Å². The summed E-state index contributed by atoms with van der Waals surface area (Å²) in [6.07, 6.45) is 3.29. The maximum absolute atomic E-state index is 10.9. The minimum atomic E-state index is -0.378. The molecule has 0 bridgehead atoms. The molecule has 0 saturated carbocycles. The Kier molecular flexibility index (Phi) is 3.20. The summed E-state index contributed by atoms with van der Waals surface area (Å²) in [5, 5.41) is 13.0. The van der Waals surface area contributed by atoms with Gasteiger partial charge in [0.25, 0.3) is 5.69 Å². The van der Waals surface area contributed by atoms with Gasteiger partial charge in [0.2, 0.25) is 0 Å². The van der Waals surface area contributed by atoms with Gasteiger partial charge >= 0.3 is 0 Å². The lowest BCUT2D eigenvalue weighted by molar-refractivity contribution is -0.385. The molecule has 0 atom stereocenters. The van der Waals surface area contributed by atoms with Crippen LogP contribution >= 0.6 is 31.9 Å². The van der Waals surface area contributed by atoms with Crippen molar-refractivity contribution in [3.63, 3.8) is 0 Å². The van der Waals surface area contributed by atoms with Gasteiger partial charge in [-0.3, -0.25) is 15.1 Å². The van der Waals surface area contributed by atoms with Crippen LogP contribution in [0.25, 0.3) is 10.8 Å². The summed E-state index contributed by atoms with van der Waals surface area (Å²) in [4.78, 5) is 14.5. The largest absolute Gasteiger partial charge is 0.274 e. The van der Waals surface area contributed by atoms with Crippen molar-refractivity contribution in [3.05, 3.63) is 44.7 Å². The van der Waals surface area contributed by atoms with Gasteiger partial charge < -0.3 is 0 Å². The number of pyridine rings is 1. The number of halogens is 2. The molecule has 0 spiro atoms. The zero-order valence-corrected chi connectivity index (χ0v) is 11.2. The number of alkyl halides is 1. The van der Waals surface area contributed by atoms with Crippen LogP contribution in [0.5, 0.6) is 0 Å². The van der Waals surface area contributed by atoms with E-state index in [1.165, 1.54) is 0 Å². The van der Waals surface area contributed by atoms with Crippen molar-refractivity contribution in [2.75, 3.05) is 0 Å². The Balaban J connectivity index is 2.80. The van der Waals surface area contributed by atoms with Crippen molar-refractivity contribution < 1.29 is 4.92 Å². The standard InChI is InChI=1S/C10H6Br2N2O2/c11-3-6-1-8-7(2-10(6)14(15)16)4-13-5-9(8)12/h1-2,4-5H,3H2. The van der Waals surface area contributed by atoms with E-state index in [1.807, 2.05) is 0 Å². The first-order valence-electron chi connectivity index (χ1n) is 4.40. The molecular weight excluding hydrogens is 340 g/mol. The number of nitrogens with zero attached hydrogens (tertiary/aromatic N) is 2. The monoisotopic (exact) mass is 344 g/mol. The van der Waals surface area contributed by atoms with Crippen molar-refractivity contribution in [1.29, 1.82) is 0 Å². The molecular formula is C10H6Br2N2O2. The maximum Gasteiger partial charge on any atom is 0.274 e. The summed E-state index contributed by atoms with van der Waals surface area (Å²) in [5.41, 5.74) is 0.772. The van der Waals surface area contributed by atoms with E-state index >= 15 is 0 Å². The molecule has 0 saturated heterocycles. The SMILES string of the molecule is O=[N+]([O-])c1cc2cncc(Br)c2cc1CBr. The van der Waals surface area contributed by atoms with Gasteiger partial charge in [-0.05, 0) is 27.4 Å². The summed E-state index contributed by atoms with van der Waals surface area (Å²) in [6, 6.07) is 3.34. The quantitative estimate of drug-likeness (QED) is 0.472. The average Bonchev–Trinajstić information content (AvgIpc) is 2.28. The zero-order chi connectivity index (χ0) is 11.7. The number of hydrogen-bond acceptors (Lipinski definition) is 3. The lowest BCUT2D eigenvalue weighted by atomic mass is 10.1. The Hall–Kier alpha value is -1.01. The Bertz CT molecular complexity index is 572. The van der Waals surface area contributed by atoms with Gasteiger partial charge in [-0.2, -0.15) is 0 Å². The summed E-state index contributed by atoms with van der Waals surface area (Å²) >= 11 is 6.63. The van der Waals surface area contributed by atoms with Crippen LogP contribution in [-0.4, -0.2) is 9.91 Å². The topological polar surface area (TPSA) is 56.0 Å². The van der Waals surface area contributed by atoms with Crippen LogP contribution in [0.3, 0.4) is 0 Å². The molecule has 82 valence electrons. The van der Waals surface area contributed by atoms with E-state index < -0.39 is 0 Å². The summed E-state index contributed by atoms with van der Waals surface area (Å²) in [7, 11) is 0. The molecule has 2 aromatic rings. The highest BCUT2D eigenvalue weighted by molar-refractivity contribution is 9.10. The van der Waals surface area contributed by atoms with E-state index in [9.17, 15) is 10.1 Å². The fourth-order valence-corrected chi connectivity index (χ4v) is 2.40. The Morgan fingerprint density at radius 2 is 2.12 bits per heavy atom. The Morgan fingerprint density at radius 1 is 1.38 bits per heavy atom. The second kappa shape index (κ2) is 4.47. The van der Waals surface area contributed by atoms with Crippen LogP contribution < -0.4 is 0 Å². The van der Waals surface area contributed by atoms with Crippen LogP contribution in [0, 0.1) is 10.1 Å². The molecule has 16 heavy (non-hydrogen) atoms.